The van der Waals surface area contributed by atoms with Gasteiger partial charge in [0, 0.05) is 19.0 Å². The Labute approximate surface area is 109 Å². The van der Waals surface area contributed by atoms with Crippen LogP contribution in [0.1, 0.15) is 29.0 Å². The molecule has 1 aromatic rings. The summed E-state index contributed by atoms with van der Waals surface area (Å²) in [6, 6.07) is 0.0479. The van der Waals surface area contributed by atoms with Gasteiger partial charge >= 0.3 is 0 Å². The predicted octanol–water partition coefficient (Wildman–Crippen LogP) is 0.941. The van der Waals surface area contributed by atoms with Crippen LogP contribution in [0.4, 0.5) is 5.82 Å². The van der Waals surface area contributed by atoms with Gasteiger partial charge in [-0.3, -0.25) is 9.59 Å². The van der Waals surface area contributed by atoms with Gasteiger partial charge in [0.05, 0.1) is 5.56 Å². The number of carbonyl (C=O) groups is 2. The molecule has 1 atom stereocenters. The second-order valence-electron chi connectivity index (χ2n) is 4.13. The third kappa shape index (κ3) is 2.76. The molecule has 96 valence electrons. The molecule has 1 fully saturated rings. The minimum atomic E-state index is 0.0422. The van der Waals surface area contributed by atoms with Crippen LogP contribution in [0.3, 0.4) is 0 Å². The van der Waals surface area contributed by atoms with E-state index in [9.17, 15) is 9.59 Å². The Kier molecular flexibility index (Phi) is 3.76. The van der Waals surface area contributed by atoms with Crippen molar-refractivity contribution in [2.75, 3.05) is 11.9 Å². The zero-order valence-electron chi connectivity index (χ0n) is 9.86. The van der Waals surface area contributed by atoms with E-state index in [2.05, 4.69) is 20.6 Å². The van der Waals surface area contributed by atoms with Gasteiger partial charge in [0.1, 0.15) is 16.8 Å². The Morgan fingerprint density at radius 2 is 2.28 bits per heavy atom. The lowest BCUT2D eigenvalue weighted by molar-refractivity contribution is -0.122. The van der Waals surface area contributed by atoms with Gasteiger partial charge in [-0.1, -0.05) is 11.6 Å². The van der Waals surface area contributed by atoms with Crippen LogP contribution in [0.2, 0.25) is 5.15 Å². The molecule has 1 amide bonds. The maximum Gasteiger partial charge on any atom is 0.220 e. The first kappa shape index (κ1) is 12.8. The number of aldehydes is 1. The number of rotatable bonds is 3. The normalized spacial score (nSPS) is 19.2. The van der Waals surface area contributed by atoms with Crippen LogP contribution in [-0.4, -0.2) is 34.7 Å². The lowest BCUT2D eigenvalue weighted by Crippen LogP contribution is -2.42. The topological polar surface area (TPSA) is 84.0 Å². The SMILES string of the molecule is Cc1nc(Cl)c(C=O)c(NC2CCC(=O)NC2)n1. The van der Waals surface area contributed by atoms with E-state index in [0.29, 0.717) is 37.3 Å². The molecular weight excluding hydrogens is 256 g/mol. The fourth-order valence-electron chi connectivity index (χ4n) is 1.81. The van der Waals surface area contributed by atoms with Crippen LogP contribution >= 0.6 is 11.6 Å². The van der Waals surface area contributed by atoms with Crippen molar-refractivity contribution in [3.05, 3.63) is 16.5 Å². The van der Waals surface area contributed by atoms with Gasteiger partial charge in [-0.25, -0.2) is 9.97 Å². The summed E-state index contributed by atoms with van der Waals surface area (Å²) >= 11 is 5.88. The Morgan fingerprint density at radius 1 is 1.50 bits per heavy atom. The van der Waals surface area contributed by atoms with E-state index in [0.717, 1.165) is 0 Å². The zero-order chi connectivity index (χ0) is 13.1. The number of hydrogen-bond acceptors (Lipinski definition) is 5. The first-order chi connectivity index (χ1) is 8.60. The van der Waals surface area contributed by atoms with Gasteiger partial charge in [0.15, 0.2) is 6.29 Å². The first-order valence-electron chi connectivity index (χ1n) is 5.62. The van der Waals surface area contributed by atoms with Gasteiger partial charge in [0.2, 0.25) is 5.91 Å². The molecule has 1 aliphatic rings. The number of nitrogens with one attached hydrogen (secondary N) is 2. The van der Waals surface area contributed by atoms with Crippen LogP contribution in [0.25, 0.3) is 0 Å². The van der Waals surface area contributed by atoms with Crippen molar-refractivity contribution in [2.45, 2.75) is 25.8 Å². The average Bonchev–Trinajstić information content (AvgIpc) is 2.32. The van der Waals surface area contributed by atoms with E-state index in [1.807, 2.05) is 0 Å². The van der Waals surface area contributed by atoms with Crippen molar-refractivity contribution in [1.29, 1.82) is 0 Å². The molecule has 0 bridgehead atoms. The molecule has 1 saturated heterocycles. The molecule has 1 aliphatic heterocycles. The Hall–Kier alpha value is -1.69. The highest BCUT2D eigenvalue weighted by atomic mass is 35.5. The molecule has 0 saturated carbocycles. The molecular formula is C11H13ClN4O2. The van der Waals surface area contributed by atoms with E-state index >= 15 is 0 Å². The molecule has 2 rings (SSSR count). The monoisotopic (exact) mass is 268 g/mol. The Bertz CT molecular complexity index is 482. The van der Waals surface area contributed by atoms with Crippen molar-refractivity contribution in [3.8, 4) is 0 Å². The van der Waals surface area contributed by atoms with Crippen LogP contribution in [-0.2, 0) is 4.79 Å². The van der Waals surface area contributed by atoms with E-state index in [4.69, 9.17) is 11.6 Å². The van der Waals surface area contributed by atoms with Crippen LogP contribution < -0.4 is 10.6 Å². The lowest BCUT2D eigenvalue weighted by atomic mass is 10.1. The Balaban J connectivity index is 2.18. The molecule has 2 heterocycles. The minimum Gasteiger partial charge on any atom is -0.365 e. The fraction of sp³-hybridized carbons (Fsp3) is 0.455. The highest BCUT2D eigenvalue weighted by Crippen LogP contribution is 2.20. The molecule has 0 aliphatic carbocycles. The molecule has 1 unspecified atom stereocenters. The van der Waals surface area contributed by atoms with Crippen LogP contribution in [0.15, 0.2) is 0 Å². The van der Waals surface area contributed by atoms with E-state index < -0.39 is 0 Å². The van der Waals surface area contributed by atoms with Gasteiger partial charge in [-0.05, 0) is 13.3 Å². The molecule has 0 aromatic carbocycles. The number of hydrogen-bond donors (Lipinski definition) is 2. The lowest BCUT2D eigenvalue weighted by Gasteiger charge is -2.24. The van der Waals surface area contributed by atoms with Crippen LogP contribution in [0, 0.1) is 6.92 Å². The van der Waals surface area contributed by atoms with Gasteiger partial charge < -0.3 is 10.6 Å². The number of nitrogens with zero attached hydrogens (tertiary/aromatic N) is 2. The largest absolute Gasteiger partial charge is 0.365 e. The highest BCUT2D eigenvalue weighted by molar-refractivity contribution is 6.32. The summed E-state index contributed by atoms with van der Waals surface area (Å²) in [6.45, 7) is 2.21. The summed E-state index contributed by atoms with van der Waals surface area (Å²) < 4.78 is 0. The molecule has 0 radical (unpaired) electrons. The molecule has 7 heteroatoms. The molecule has 18 heavy (non-hydrogen) atoms. The van der Waals surface area contributed by atoms with Crippen molar-refractivity contribution >= 4 is 29.6 Å². The molecule has 2 N–H and O–H groups in total. The first-order valence-corrected chi connectivity index (χ1v) is 6.00. The van der Waals surface area contributed by atoms with Crippen molar-refractivity contribution in [1.82, 2.24) is 15.3 Å². The minimum absolute atomic E-state index is 0.0422. The fourth-order valence-corrected chi connectivity index (χ4v) is 2.07. The number of anilines is 1. The molecule has 0 spiro atoms. The second kappa shape index (κ2) is 5.30. The van der Waals surface area contributed by atoms with Gasteiger partial charge in [0.25, 0.3) is 0 Å². The van der Waals surface area contributed by atoms with Crippen molar-refractivity contribution in [3.63, 3.8) is 0 Å². The van der Waals surface area contributed by atoms with E-state index in [1.54, 1.807) is 6.92 Å². The zero-order valence-corrected chi connectivity index (χ0v) is 10.6. The quantitative estimate of drug-likeness (QED) is 0.630. The summed E-state index contributed by atoms with van der Waals surface area (Å²) in [5, 5.41) is 6.01. The third-order valence-electron chi connectivity index (χ3n) is 2.74. The van der Waals surface area contributed by atoms with Crippen LogP contribution in [0.5, 0.6) is 0 Å². The smallest absolute Gasteiger partial charge is 0.220 e. The highest BCUT2D eigenvalue weighted by Gasteiger charge is 2.20. The number of amides is 1. The van der Waals surface area contributed by atoms with Crippen molar-refractivity contribution in [2.24, 2.45) is 0 Å². The Morgan fingerprint density at radius 3 is 2.89 bits per heavy atom. The standard InChI is InChI=1S/C11H13ClN4O2/c1-6-14-10(12)8(5-17)11(15-6)16-7-2-3-9(18)13-4-7/h5,7H,2-4H2,1H3,(H,13,18)(H,14,15,16). The number of carbonyl (C=O) groups excluding carboxylic acids is 2. The average molecular weight is 269 g/mol. The summed E-state index contributed by atoms with van der Waals surface area (Å²) in [5.41, 5.74) is 0.249. The third-order valence-corrected chi connectivity index (χ3v) is 3.02. The molecule has 1 aromatic heterocycles. The van der Waals surface area contributed by atoms with Crippen molar-refractivity contribution < 1.29 is 9.59 Å². The second-order valence-corrected chi connectivity index (χ2v) is 4.48. The summed E-state index contributed by atoms with van der Waals surface area (Å²) in [4.78, 5) is 30.1. The van der Waals surface area contributed by atoms with Gasteiger partial charge in [-0.2, -0.15) is 0 Å². The predicted molar refractivity (Wildman–Crippen MR) is 66.8 cm³/mol. The number of aryl methyl sites for hydroxylation is 1. The number of piperidine rings is 1. The maximum atomic E-state index is 11.1. The van der Waals surface area contributed by atoms with E-state index in [1.165, 1.54) is 0 Å². The van der Waals surface area contributed by atoms with Gasteiger partial charge in [-0.15, -0.1) is 0 Å². The maximum absolute atomic E-state index is 11.1. The number of halogens is 1. The van der Waals surface area contributed by atoms with E-state index in [-0.39, 0.29) is 22.7 Å². The summed E-state index contributed by atoms with van der Waals surface area (Å²) in [6.07, 6.45) is 1.79. The summed E-state index contributed by atoms with van der Waals surface area (Å²) in [5.74, 6) is 0.956. The summed E-state index contributed by atoms with van der Waals surface area (Å²) in [7, 11) is 0. The number of aromatic nitrogens is 2. The molecule has 6 nitrogen and oxygen atoms in total.